The smallest absolute Gasteiger partial charge is 0.254 e. The van der Waals surface area contributed by atoms with Gasteiger partial charge in [-0.25, -0.2) is 0 Å². The minimum atomic E-state index is 0.163. The molecule has 0 bridgehead atoms. The van der Waals surface area contributed by atoms with Crippen molar-refractivity contribution in [1.29, 1.82) is 0 Å². The molecule has 2 atom stereocenters. The van der Waals surface area contributed by atoms with E-state index in [1.807, 2.05) is 24.3 Å². The van der Waals surface area contributed by atoms with Crippen LogP contribution in [0.2, 0.25) is 0 Å². The summed E-state index contributed by atoms with van der Waals surface area (Å²) in [4.78, 5) is 15.2. The predicted molar refractivity (Wildman–Crippen MR) is 83.7 cm³/mol. The SMILES string of the molecule is NC(=S)c1ccc(C(=O)N2CCCC3CCCC32)cc1. The van der Waals surface area contributed by atoms with E-state index in [0.717, 1.165) is 30.0 Å². The number of nitrogens with zero attached hydrogens (tertiary/aromatic N) is 1. The molecule has 0 radical (unpaired) electrons. The third-order valence-corrected chi connectivity index (χ3v) is 4.91. The number of hydrogen-bond donors (Lipinski definition) is 1. The number of amides is 1. The Balaban J connectivity index is 1.79. The fourth-order valence-corrected chi connectivity index (χ4v) is 3.79. The number of thiocarbonyl (C=S) groups is 1. The molecular weight excluding hydrogens is 268 g/mol. The van der Waals surface area contributed by atoms with E-state index in [4.69, 9.17) is 18.0 Å². The molecule has 4 heteroatoms. The van der Waals surface area contributed by atoms with Crippen molar-refractivity contribution in [1.82, 2.24) is 4.90 Å². The van der Waals surface area contributed by atoms with E-state index in [2.05, 4.69) is 4.90 Å². The molecular formula is C16H20N2OS. The molecule has 20 heavy (non-hydrogen) atoms. The lowest BCUT2D eigenvalue weighted by atomic mass is 9.91. The Bertz CT molecular complexity index is 526. The lowest BCUT2D eigenvalue weighted by molar-refractivity contribution is 0.0548. The topological polar surface area (TPSA) is 46.3 Å². The van der Waals surface area contributed by atoms with E-state index in [9.17, 15) is 4.79 Å². The van der Waals surface area contributed by atoms with Crippen LogP contribution in [0.3, 0.4) is 0 Å². The summed E-state index contributed by atoms with van der Waals surface area (Å²) in [5, 5.41) is 0. The van der Waals surface area contributed by atoms with Crippen molar-refractivity contribution in [3.8, 4) is 0 Å². The molecule has 106 valence electrons. The van der Waals surface area contributed by atoms with Gasteiger partial charge in [-0.05, 0) is 43.7 Å². The fourth-order valence-electron chi connectivity index (χ4n) is 3.65. The summed E-state index contributed by atoms with van der Waals surface area (Å²) in [6, 6.07) is 7.83. The fraction of sp³-hybridized carbons (Fsp3) is 0.500. The van der Waals surface area contributed by atoms with Gasteiger partial charge in [-0.3, -0.25) is 4.79 Å². The Morgan fingerprint density at radius 1 is 1.10 bits per heavy atom. The van der Waals surface area contributed by atoms with Crippen molar-refractivity contribution in [2.24, 2.45) is 11.7 Å². The zero-order valence-corrected chi connectivity index (χ0v) is 12.4. The maximum Gasteiger partial charge on any atom is 0.254 e. The van der Waals surface area contributed by atoms with Gasteiger partial charge in [0.1, 0.15) is 4.99 Å². The number of nitrogens with two attached hydrogens (primary N) is 1. The summed E-state index contributed by atoms with van der Waals surface area (Å²) >= 11 is 4.94. The molecule has 1 saturated heterocycles. The molecule has 1 amide bonds. The molecule has 3 nitrogen and oxygen atoms in total. The summed E-state index contributed by atoms with van der Waals surface area (Å²) < 4.78 is 0. The number of likely N-dealkylation sites (tertiary alicyclic amines) is 1. The Labute approximate surface area is 125 Å². The molecule has 1 saturated carbocycles. The van der Waals surface area contributed by atoms with Gasteiger partial charge in [0.05, 0.1) is 0 Å². The number of carbonyl (C=O) groups is 1. The van der Waals surface area contributed by atoms with E-state index in [-0.39, 0.29) is 5.91 Å². The second-order valence-corrected chi connectivity index (χ2v) is 6.28. The number of rotatable bonds is 2. The Hall–Kier alpha value is -1.42. The molecule has 1 aliphatic carbocycles. The lowest BCUT2D eigenvalue weighted by Gasteiger charge is -2.37. The molecule has 2 unspecified atom stereocenters. The van der Waals surface area contributed by atoms with Crippen LogP contribution in [0.4, 0.5) is 0 Å². The summed E-state index contributed by atoms with van der Waals surface area (Å²) in [6.45, 7) is 0.900. The zero-order chi connectivity index (χ0) is 14.1. The minimum absolute atomic E-state index is 0.163. The summed E-state index contributed by atoms with van der Waals surface area (Å²) in [7, 11) is 0. The highest BCUT2D eigenvalue weighted by Crippen LogP contribution is 2.37. The Kier molecular flexibility index (Phi) is 3.74. The molecule has 3 rings (SSSR count). The Morgan fingerprint density at radius 3 is 2.45 bits per heavy atom. The van der Waals surface area contributed by atoms with E-state index in [1.165, 1.54) is 25.7 Å². The lowest BCUT2D eigenvalue weighted by Crippen LogP contribution is -2.46. The van der Waals surface area contributed by atoms with Crippen LogP contribution in [0.1, 0.15) is 48.0 Å². The van der Waals surface area contributed by atoms with Gasteiger partial charge >= 0.3 is 0 Å². The molecule has 0 aromatic heterocycles. The standard InChI is InChI=1S/C16H20N2OS/c17-15(20)12-6-8-13(9-7-12)16(19)18-10-2-4-11-3-1-5-14(11)18/h6-9,11,14H,1-5,10H2,(H2,17,20). The molecule has 1 aromatic carbocycles. The number of benzene rings is 1. The van der Waals surface area contributed by atoms with Gasteiger partial charge in [0.15, 0.2) is 0 Å². The largest absolute Gasteiger partial charge is 0.389 e. The highest BCUT2D eigenvalue weighted by atomic mass is 32.1. The highest BCUT2D eigenvalue weighted by Gasteiger charge is 2.37. The monoisotopic (exact) mass is 288 g/mol. The van der Waals surface area contributed by atoms with Crippen molar-refractivity contribution in [3.05, 3.63) is 35.4 Å². The van der Waals surface area contributed by atoms with Gasteiger partial charge in [-0.15, -0.1) is 0 Å². The molecule has 2 fully saturated rings. The molecule has 1 aliphatic heterocycles. The van der Waals surface area contributed by atoms with Crippen LogP contribution in [-0.4, -0.2) is 28.4 Å². The summed E-state index contributed by atoms with van der Waals surface area (Å²) in [5.74, 6) is 0.889. The van der Waals surface area contributed by atoms with E-state index in [0.29, 0.717) is 11.0 Å². The van der Waals surface area contributed by atoms with Gasteiger partial charge in [0.2, 0.25) is 0 Å². The van der Waals surface area contributed by atoms with E-state index in [1.54, 1.807) is 0 Å². The van der Waals surface area contributed by atoms with Gasteiger partial charge in [-0.1, -0.05) is 30.8 Å². The van der Waals surface area contributed by atoms with Gasteiger partial charge in [-0.2, -0.15) is 0 Å². The number of carbonyl (C=O) groups excluding carboxylic acids is 1. The molecule has 2 N–H and O–H groups in total. The van der Waals surface area contributed by atoms with Crippen molar-refractivity contribution in [2.75, 3.05) is 6.54 Å². The zero-order valence-electron chi connectivity index (χ0n) is 11.5. The van der Waals surface area contributed by atoms with Crippen LogP contribution < -0.4 is 5.73 Å². The quantitative estimate of drug-likeness (QED) is 0.851. The van der Waals surface area contributed by atoms with Crippen molar-refractivity contribution in [2.45, 2.75) is 38.1 Å². The maximum absolute atomic E-state index is 12.7. The molecule has 2 aliphatic rings. The first-order valence-electron chi connectivity index (χ1n) is 7.37. The molecule has 1 aromatic rings. The van der Waals surface area contributed by atoms with Crippen LogP contribution in [0.25, 0.3) is 0 Å². The normalized spacial score (nSPS) is 25.3. The van der Waals surface area contributed by atoms with E-state index >= 15 is 0 Å². The van der Waals surface area contributed by atoms with Crippen LogP contribution in [0.15, 0.2) is 24.3 Å². The summed E-state index contributed by atoms with van der Waals surface area (Å²) in [6.07, 6.45) is 6.14. The number of piperidine rings is 1. The van der Waals surface area contributed by atoms with Crippen molar-refractivity contribution < 1.29 is 4.79 Å². The minimum Gasteiger partial charge on any atom is -0.389 e. The first-order valence-corrected chi connectivity index (χ1v) is 7.78. The predicted octanol–water partition coefficient (Wildman–Crippen LogP) is 2.73. The van der Waals surface area contributed by atoms with Crippen LogP contribution in [-0.2, 0) is 0 Å². The highest BCUT2D eigenvalue weighted by molar-refractivity contribution is 7.80. The first-order chi connectivity index (χ1) is 9.66. The van der Waals surface area contributed by atoms with Gasteiger partial charge in [0, 0.05) is 23.7 Å². The number of fused-ring (bicyclic) bond motifs is 1. The average molecular weight is 288 g/mol. The van der Waals surface area contributed by atoms with E-state index < -0.39 is 0 Å². The first kappa shape index (κ1) is 13.6. The van der Waals surface area contributed by atoms with Crippen LogP contribution in [0.5, 0.6) is 0 Å². The van der Waals surface area contributed by atoms with Crippen LogP contribution >= 0.6 is 12.2 Å². The molecule has 1 heterocycles. The van der Waals surface area contributed by atoms with Crippen LogP contribution in [0, 0.1) is 5.92 Å². The number of hydrogen-bond acceptors (Lipinski definition) is 2. The average Bonchev–Trinajstić information content (AvgIpc) is 2.95. The van der Waals surface area contributed by atoms with Crippen molar-refractivity contribution >= 4 is 23.1 Å². The third-order valence-electron chi connectivity index (χ3n) is 4.67. The second-order valence-electron chi connectivity index (χ2n) is 5.84. The van der Waals surface area contributed by atoms with Gasteiger partial charge < -0.3 is 10.6 Å². The maximum atomic E-state index is 12.7. The Morgan fingerprint density at radius 2 is 1.75 bits per heavy atom. The third kappa shape index (κ3) is 2.44. The van der Waals surface area contributed by atoms with Crippen molar-refractivity contribution in [3.63, 3.8) is 0 Å². The summed E-state index contributed by atoms with van der Waals surface area (Å²) in [5.41, 5.74) is 7.15. The second kappa shape index (κ2) is 5.52. The van der Waals surface area contributed by atoms with Gasteiger partial charge in [0.25, 0.3) is 5.91 Å². The molecule has 0 spiro atoms.